The fourth-order valence-electron chi connectivity index (χ4n) is 2.64. The molecule has 7 heteroatoms. The molecule has 0 bridgehead atoms. The molecular formula is C18H24N4O3. The van der Waals surface area contributed by atoms with Gasteiger partial charge in [-0.05, 0) is 30.8 Å². The van der Waals surface area contributed by atoms with Crippen LogP contribution in [-0.4, -0.2) is 20.6 Å². The van der Waals surface area contributed by atoms with Crippen molar-refractivity contribution in [2.75, 3.05) is 0 Å². The molecule has 25 heavy (non-hydrogen) atoms. The molecule has 2 unspecified atom stereocenters. The normalized spacial score (nSPS) is 13.3. The summed E-state index contributed by atoms with van der Waals surface area (Å²) in [5.74, 6) is -0.640. The van der Waals surface area contributed by atoms with Crippen LogP contribution in [0, 0.1) is 29.9 Å². The van der Waals surface area contributed by atoms with Crippen molar-refractivity contribution in [3.8, 4) is 0 Å². The van der Waals surface area contributed by atoms with Crippen molar-refractivity contribution in [3.05, 3.63) is 57.3 Å². The number of hydrogen-bond acceptors (Lipinski definition) is 4. The van der Waals surface area contributed by atoms with E-state index in [-0.39, 0.29) is 23.7 Å². The minimum Gasteiger partial charge on any atom is -0.358 e. The Kier molecular flexibility index (Phi) is 5.90. The van der Waals surface area contributed by atoms with Gasteiger partial charge in [0.1, 0.15) is 0 Å². The van der Waals surface area contributed by atoms with Crippen molar-refractivity contribution < 1.29 is 9.72 Å². The van der Waals surface area contributed by atoms with Crippen molar-refractivity contribution in [1.29, 1.82) is 0 Å². The van der Waals surface area contributed by atoms with Gasteiger partial charge in [-0.15, -0.1) is 0 Å². The highest BCUT2D eigenvalue weighted by atomic mass is 16.6. The molecule has 0 saturated heterocycles. The summed E-state index contributed by atoms with van der Waals surface area (Å²) in [4.78, 5) is 22.8. The van der Waals surface area contributed by atoms with Crippen molar-refractivity contribution in [3.63, 3.8) is 0 Å². The molecule has 0 spiro atoms. The first-order chi connectivity index (χ1) is 11.8. The second-order valence-corrected chi connectivity index (χ2v) is 6.36. The molecule has 1 heterocycles. The number of nitrogens with one attached hydrogen (secondary N) is 1. The highest BCUT2D eigenvalue weighted by Gasteiger charge is 2.22. The molecule has 7 nitrogen and oxygen atoms in total. The molecule has 0 fully saturated rings. The number of aromatic nitrogens is 2. The van der Waals surface area contributed by atoms with Crippen LogP contribution >= 0.6 is 0 Å². The summed E-state index contributed by atoms with van der Waals surface area (Å²) in [6, 6.07) is 9.46. The van der Waals surface area contributed by atoms with E-state index in [9.17, 15) is 14.9 Å². The Balaban J connectivity index is 2.03. The van der Waals surface area contributed by atoms with Crippen LogP contribution in [0.15, 0.2) is 30.3 Å². The number of hydrogen-bond donors (Lipinski definition) is 1. The Bertz CT molecular complexity index is 752. The van der Waals surface area contributed by atoms with Crippen molar-refractivity contribution in [2.24, 2.45) is 5.92 Å². The third-order valence-electron chi connectivity index (χ3n) is 4.25. The van der Waals surface area contributed by atoms with Crippen molar-refractivity contribution >= 4 is 11.7 Å². The summed E-state index contributed by atoms with van der Waals surface area (Å²) in [6.45, 7) is 7.89. The number of benzene rings is 1. The van der Waals surface area contributed by atoms with Gasteiger partial charge >= 0.3 is 5.82 Å². The Labute approximate surface area is 147 Å². The SMILES string of the molecule is CCC(NC(=O)C(C)Cn1nc([N+](=O)[O-])cc1C)c1ccc(C)cc1. The predicted octanol–water partition coefficient (Wildman–Crippen LogP) is 3.31. The van der Waals surface area contributed by atoms with Crippen LogP contribution in [0.4, 0.5) is 5.82 Å². The Morgan fingerprint density at radius 3 is 2.48 bits per heavy atom. The lowest BCUT2D eigenvalue weighted by Gasteiger charge is -2.20. The first-order valence-electron chi connectivity index (χ1n) is 8.37. The first-order valence-corrected chi connectivity index (χ1v) is 8.37. The van der Waals surface area contributed by atoms with Gasteiger partial charge < -0.3 is 15.4 Å². The van der Waals surface area contributed by atoms with Gasteiger partial charge in [0.05, 0.1) is 35.4 Å². The zero-order chi connectivity index (χ0) is 18.6. The molecule has 1 N–H and O–H groups in total. The molecule has 134 valence electrons. The van der Waals surface area contributed by atoms with Gasteiger partial charge in [0, 0.05) is 0 Å². The molecule has 0 aliphatic rings. The number of amides is 1. The van der Waals surface area contributed by atoms with Crippen LogP contribution in [0.5, 0.6) is 0 Å². The van der Waals surface area contributed by atoms with E-state index in [1.54, 1.807) is 13.8 Å². The lowest BCUT2D eigenvalue weighted by Crippen LogP contribution is -2.34. The molecule has 0 saturated carbocycles. The van der Waals surface area contributed by atoms with E-state index < -0.39 is 4.92 Å². The number of rotatable bonds is 7. The highest BCUT2D eigenvalue weighted by Crippen LogP contribution is 2.19. The Hall–Kier alpha value is -2.70. The van der Waals surface area contributed by atoms with Gasteiger partial charge in [0.2, 0.25) is 5.91 Å². The van der Waals surface area contributed by atoms with E-state index in [4.69, 9.17) is 0 Å². The quantitative estimate of drug-likeness (QED) is 0.616. The smallest absolute Gasteiger partial charge is 0.358 e. The molecule has 0 aliphatic carbocycles. The van der Waals surface area contributed by atoms with Crippen LogP contribution in [-0.2, 0) is 11.3 Å². The summed E-state index contributed by atoms with van der Waals surface area (Å²) < 4.78 is 1.51. The van der Waals surface area contributed by atoms with E-state index >= 15 is 0 Å². The minimum atomic E-state index is -0.529. The summed E-state index contributed by atoms with van der Waals surface area (Å²) in [6.07, 6.45) is 0.786. The van der Waals surface area contributed by atoms with Crippen LogP contribution in [0.2, 0.25) is 0 Å². The molecule has 2 atom stereocenters. The molecule has 2 rings (SSSR count). The van der Waals surface area contributed by atoms with E-state index in [0.29, 0.717) is 12.2 Å². The summed E-state index contributed by atoms with van der Waals surface area (Å²) in [5.41, 5.74) is 2.91. The van der Waals surface area contributed by atoms with Gasteiger partial charge in [-0.1, -0.05) is 43.7 Å². The van der Waals surface area contributed by atoms with E-state index in [2.05, 4.69) is 10.4 Å². The van der Waals surface area contributed by atoms with Gasteiger partial charge in [-0.25, -0.2) is 0 Å². The molecule has 1 amide bonds. The molecule has 1 aromatic heterocycles. The van der Waals surface area contributed by atoms with Crippen molar-refractivity contribution in [2.45, 2.75) is 46.7 Å². The third-order valence-corrected chi connectivity index (χ3v) is 4.25. The predicted molar refractivity (Wildman–Crippen MR) is 95.1 cm³/mol. The summed E-state index contributed by atoms with van der Waals surface area (Å²) in [5, 5.41) is 17.8. The zero-order valence-corrected chi connectivity index (χ0v) is 15.0. The maximum atomic E-state index is 12.5. The van der Waals surface area contributed by atoms with Gasteiger partial charge in [-0.3, -0.25) is 4.79 Å². The van der Waals surface area contributed by atoms with Crippen LogP contribution in [0.1, 0.15) is 43.1 Å². The number of aryl methyl sites for hydroxylation is 2. The molecule has 0 radical (unpaired) electrons. The summed E-state index contributed by atoms with van der Waals surface area (Å²) >= 11 is 0. The Morgan fingerprint density at radius 1 is 1.32 bits per heavy atom. The fraction of sp³-hybridized carbons (Fsp3) is 0.444. The average Bonchev–Trinajstić information content (AvgIpc) is 2.94. The average molecular weight is 344 g/mol. The molecule has 0 aliphatic heterocycles. The van der Waals surface area contributed by atoms with Crippen LogP contribution in [0.25, 0.3) is 0 Å². The second-order valence-electron chi connectivity index (χ2n) is 6.36. The largest absolute Gasteiger partial charge is 0.390 e. The number of nitrogens with zero attached hydrogens (tertiary/aromatic N) is 3. The first kappa shape index (κ1) is 18.6. The lowest BCUT2D eigenvalue weighted by atomic mass is 10.0. The number of nitro groups is 1. The highest BCUT2D eigenvalue weighted by molar-refractivity contribution is 5.78. The topological polar surface area (TPSA) is 90.1 Å². The van der Waals surface area contributed by atoms with Gasteiger partial charge in [0.25, 0.3) is 0 Å². The van der Waals surface area contributed by atoms with Crippen LogP contribution in [0.3, 0.4) is 0 Å². The van der Waals surface area contributed by atoms with E-state index in [0.717, 1.165) is 12.0 Å². The lowest BCUT2D eigenvalue weighted by molar-refractivity contribution is -0.389. The second kappa shape index (κ2) is 7.92. The number of carbonyl (C=O) groups is 1. The van der Waals surface area contributed by atoms with Crippen molar-refractivity contribution in [1.82, 2.24) is 15.1 Å². The maximum Gasteiger partial charge on any atom is 0.390 e. The zero-order valence-electron chi connectivity index (χ0n) is 15.0. The minimum absolute atomic E-state index is 0.0522. The standard InChI is InChI=1S/C18H24N4O3/c1-5-16(15-8-6-12(2)7-9-15)19-18(23)13(3)11-21-14(4)10-17(20-21)22(24)25/h6-10,13,16H,5,11H2,1-4H3,(H,19,23). The van der Waals surface area contributed by atoms with Crippen LogP contribution < -0.4 is 5.32 Å². The van der Waals surface area contributed by atoms with E-state index in [1.807, 2.05) is 38.1 Å². The van der Waals surface area contributed by atoms with Gasteiger partial charge in [0.15, 0.2) is 0 Å². The Morgan fingerprint density at radius 2 is 1.96 bits per heavy atom. The third kappa shape index (κ3) is 4.65. The summed E-state index contributed by atoms with van der Waals surface area (Å²) in [7, 11) is 0. The van der Waals surface area contributed by atoms with E-state index in [1.165, 1.54) is 16.3 Å². The fourth-order valence-corrected chi connectivity index (χ4v) is 2.64. The monoisotopic (exact) mass is 344 g/mol. The van der Waals surface area contributed by atoms with Gasteiger partial charge in [-0.2, -0.15) is 4.68 Å². The number of carbonyl (C=O) groups excluding carboxylic acids is 1. The molecule has 1 aromatic carbocycles. The maximum absolute atomic E-state index is 12.5. The molecule has 2 aromatic rings. The molecular weight excluding hydrogens is 320 g/mol.